The standard InChI is InChI=1S/C16H16N4OS/c1-10(15-19-18-14-7-2-3-8-20(14)15)17-16(21)13-9-11-5-4-6-12(11)22-13/h2-3,7-10H,4-6H2,1H3,(H,17,21). The van der Waals surface area contributed by atoms with Crippen LogP contribution in [0.25, 0.3) is 5.65 Å². The van der Waals surface area contributed by atoms with Crippen molar-refractivity contribution < 1.29 is 4.79 Å². The molecular formula is C16H16N4OS. The first-order valence-corrected chi connectivity index (χ1v) is 8.26. The number of nitrogens with zero attached hydrogens (tertiary/aromatic N) is 3. The number of aromatic nitrogens is 3. The Bertz CT molecular complexity index is 829. The highest BCUT2D eigenvalue weighted by molar-refractivity contribution is 7.14. The fraction of sp³-hybridized carbons (Fsp3) is 0.312. The molecule has 1 aliphatic rings. The van der Waals surface area contributed by atoms with Crippen molar-refractivity contribution in [1.29, 1.82) is 0 Å². The van der Waals surface area contributed by atoms with Gasteiger partial charge in [0.25, 0.3) is 5.91 Å². The van der Waals surface area contributed by atoms with Crippen LogP contribution in [0.15, 0.2) is 30.5 Å². The molecular weight excluding hydrogens is 296 g/mol. The third kappa shape index (κ3) is 2.20. The summed E-state index contributed by atoms with van der Waals surface area (Å²) < 4.78 is 1.90. The zero-order valence-corrected chi connectivity index (χ0v) is 13.1. The Morgan fingerprint density at radius 2 is 2.27 bits per heavy atom. The lowest BCUT2D eigenvalue weighted by molar-refractivity contribution is 0.0942. The molecule has 0 fully saturated rings. The molecule has 0 aromatic carbocycles. The second kappa shape index (κ2) is 5.21. The van der Waals surface area contributed by atoms with Gasteiger partial charge in [0.15, 0.2) is 11.5 Å². The summed E-state index contributed by atoms with van der Waals surface area (Å²) in [5.41, 5.74) is 2.13. The van der Waals surface area contributed by atoms with Gasteiger partial charge in [-0.05, 0) is 49.9 Å². The van der Waals surface area contributed by atoms with Gasteiger partial charge in [0.2, 0.25) is 0 Å². The van der Waals surface area contributed by atoms with Crippen molar-refractivity contribution in [3.8, 4) is 0 Å². The van der Waals surface area contributed by atoms with Crippen LogP contribution in [0.5, 0.6) is 0 Å². The third-order valence-corrected chi connectivity index (χ3v) is 5.28. The molecule has 3 aromatic rings. The summed E-state index contributed by atoms with van der Waals surface area (Å²) in [7, 11) is 0. The molecule has 0 aliphatic heterocycles. The maximum Gasteiger partial charge on any atom is 0.261 e. The van der Waals surface area contributed by atoms with Crippen LogP contribution >= 0.6 is 11.3 Å². The quantitative estimate of drug-likeness (QED) is 0.809. The number of rotatable bonds is 3. The molecule has 6 heteroatoms. The normalized spacial score (nSPS) is 15.0. The van der Waals surface area contributed by atoms with Crippen molar-refractivity contribution in [2.45, 2.75) is 32.2 Å². The minimum absolute atomic E-state index is 0.0282. The largest absolute Gasteiger partial charge is 0.342 e. The van der Waals surface area contributed by atoms with Crippen molar-refractivity contribution >= 4 is 22.9 Å². The maximum atomic E-state index is 12.4. The lowest BCUT2D eigenvalue weighted by Crippen LogP contribution is -2.27. The molecule has 0 bridgehead atoms. The number of amides is 1. The monoisotopic (exact) mass is 312 g/mol. The highest BCUT2D eigenvalue weighted by atomic mass is 32.1. The van der Waals surface area contributed by atoms with Crippen LogP contribution in [-0.2, 0) is 12.8 Å². The topological polar surface area (TPSA) is 59.3 Å². The molecule has 22 heavy (non-hydrogen) atoms. The first-order chi connectivity index (χ1) is 10.7. The maximum absolute atomic E-state index is 12.4. The van der Waals surface area contributed by atoms with Gasteiger partial charge in [0, 0.05) is 11.1 Å². The summed E-state index contributed by atoms with van der Waals surface area (Å²) in [5, 5.41) is 11.3. The van der Waals surface area contributed by atoms with Crippen molar-refractivity contribution in [1.82, 2.24) is 19.9 Å². The molecule has 3 aromatic heterocycles. The van der Waals surface area contributed by atoms with Gasteiger partial charge in [-0.15, -0.1) is 21.5 Å². The Balaban J connectivity index is 1.55. The lowest BCUT2D eigenvalue weighted by Gasteiger charge is -2.11. The van der Waals surface area contributed by atoms with E-state index in [-0.39, 0.29) is 11.9 Å². The molecule has 5 nitrogen and oxygen atoms in total. The molecule has 1 atom stereocenters. The van der Waals surface area contributed by atoms with E-state index in [2.05, 4.69) is 15.5 Å². The minimum Gasteiger partial charge on any atom is -0.342 e. The van der Waals surface area contributed by atoms with E-state index in [1.807, 2.05) is 41.8 Å². The van der Waals surface area contributed by atoms with Crippen LogP contribution in [0.2, 0.25) is 0 Å². The van der Waals surface area contributed by atoms with Crippen LogP contribution in [0.4, 0.5) is 0 Å². The molecule has 112 valence electrons. The molecule has 0 radical (unpaired) electrons. The van der Waals surface area contributed by atoms with Gasteiger partial charge in [0.1, 0.15) is 0 Å². The fourth-order valence-electron chi connectivity index (χ4n) is 2.93. The summed E-state index contributed by atoms with van der Waals surface area (Å²) in [4.78, 5) is 14.6. The van der Waals surface area contributed by atoms with Crippen molar-refractivity contribution in [3.63, 3.8) is 0 Å². The van der Waals surface area contributed by atoms with Crippen LogP contribution in [0.3, 0.4) is 0 Å². The van der Waals surface area contributed by atoms with E-state index in [9.17, 15) is 4.79 Å². The van der Waals surface area contributed by atoms with Crippen LogP contribution in [0, 0.1) is 0 Å². The van der Waals surface area contributed by atoms with Crippen molar-refractivity contribution in [2.75, 3.05) is 0 Å². The second-order valence-corrected chi connectivity index (χ2v) is 6.73. The molecule has 0 spiro atoms. The number of hydrogen-bond donors (Lipinski definition) is 1. The number of thiophene rings is 1. The fourth-order valence-corrected chi connectivity index (χ4v) is 4.09. The van der Waals surface area contributed by atoms with Crippen LogP contribution < -0.4 is 5.32 Å². The van der Waals surface area contributed by atoms with Crippen molar-refractivity contribution in [2.24, 2.45) is 0 Å². The average Bonchev–Trinajstić information content (AvgIpc) is 3.20. The predicted molar refractivity (Wildman–Crippen MR) is 85.2 cm³/mol. The molecule has 1 unspecified atom stereocenters. The number of hydrogen-bond acceptors (Lipinski definition) is 4. The first kappa shape index (κ1) is 13.5. The number of pyridine rings is 1. The van der Waals surface area contributed by atoms with Gasteiger partial charge < -0.3 is 5.32 Å². The van der Waals surface area contributed by atoms with E-state index in [1.54, 1.807) is 11.3 Å². The summed E-state index contributed by atoms with van der Waals surface area (Å²) >= 11 is 1.62. The molecule has 1 amide bonds. The molecule has 4 rings (SSSR count). The number of fused-ring (bicyclic) bond motifs is 2. The molecule has 0 saturated carbocycles. The van der Waals surface area contributed by atoms with Crippen LogP contribution in [0.1, 0.15) is 45.3 Å². The zero-order valence-electron chi connectivity index (χ0n) is 12.2. The first-order valence-electron chi connectivity index (χ1n) is 7.44. The van der Waals surface area contributed by atoms with E-state index < -0.39 is 0 Å². The average molecular weight is 312 g/mol. The summed E-state index contributed by atoms with van der Waals surface area (Å²) in [5.74, 6) is 0.715. The lowest BCUT2D eigenvalue weighted by atomic mass is 10.2. The highest BCUT2D eigenvalue weighted by Crippen LogP contribution is 2.30. The Labute approximate surface area is 132 Å². The van der Waals surface area contributed by atoms with Crippen molar-refractivity contribution in [3.05, 3.63) is 51.6 Å². The van der Waals surface area contributed by atoms with E-state index in [0.29, 0.717) is 0 Å². The summed E-state index contributed by atoms with van der Waals surface area (Å²) in [6, 6.07) is 7.59. The Morgan fingerprint density at radius 3 is 3.14 bits per heavy atom. The highest BCUT2D eigenvalue weighted by Gasteiger charge is 2.21. The molecule has 0 saturated heterocycles. The van der Waals surface area contributed by atoms with E-state index >= 15 is 0 Å². The SMILES string of the molecule is CC(NC(=O)c1cc2c(s1)CCC2)c1nnc2ccccn12. The van der Waals surface area contributed by atoms with Gasteiger partial charge in [-0.3, -0.25) is 9.20 Å². The van der Waals surface area contributed by atoms with Gasteiger partial charge >= 0.3 is 0 Å². The van der Waals surface area contributed by atoms with Gasteiger partial charge in [-0.1, -0.05) is 6.07 Å². The van der Waals surface area contributed by atoms with Crippen LogP contribution in [-0.4, -0.2) is 20.5 Å². The third-order valence-electron chi connectivity index (χ3n) is 4.05. The van der Waals surface area contributed by atoms with E-state index in [0.717, 1.165) is 29.2 Å². The van der Waals surface area contributed by atoms with E-state index in [4.69, 9.17) is 0 Å². The Kier molecular flexibility index (Phi) is 3.18. The van der Waals surface area contributed by atoms with E-state index in [1.165, 1.54) is 16.9 Å². The minimum atomic E-state index is -0.193. The number of aryl methyl sites for hydroxylation is 2. The Morgan fingerprint density at radius 1 is 1.36 bits per heavy atom. The summed E-state index contributed by atoms with van der Waals surface area (Å²) in [6.45, 7) is 1.93. The molecule has 1 aliphatic carbocycles. The molecule has 3 heterocycles. The Hall–Kier alpha value is -2.21. The number of carbonyl (C=O) groups excluding carboxylic acids is 1. The zero-order chi connectivity index (χ0) is 15.1. The summed E-state index contributed by atoms with van der Waals surface area (Å²) in [6.07, 6.45) is 5.33. The number of nitrogens with one attached hydrogen (secondary N) is 1. The molecule has 1 N–H and O–H groups in total. The van der Waals surface area contributed by atoms with Gasteiger partial charge in [-0.25, -0.2) is 0 Å². The smallest absolute Gasteiger partial charge is 0.261 e. The van der Waals surface area contributed by atoms with Gasteiger partial charge in [0.05, 0.1) is 10.9 Å². The number of carbonyl (C=O) groups is 1. The second-order valence-electron chi connectivity index (χ2n) is 5.59. The predicted octanol–water partition coefficient (Wildman–Crippen LogP) is 2.77. The van der Waals surface area contributed by atoms with Gasteiger partial charge in [-0.2, -0.15) is 0 Å².